The van der Waals surface area contributed by atoms with Crippen LogP contribution in [0.3, 0.4) is 0 Å². The van der Waals surface area contributed by atoms with Crippen LogP contribution in [0.2, 0.25) is 0 Å². The Hall–Kier alpha value is -2.25. The highest BCUT2D eigenvalue weighted by Crippen LogP contribution is 2.11. The number of amides is 1. The van der Waals surface area contributed by atoms with Gasteiger partial charge in [-0.2, -0.15) is 0 Å². The summed E-state index contributed by atoms with van der Waals surface area (Å²) in [6.45, 7) is 2.60. The monoisotopic (exact) mass is 333 g/mol. The minimum absolute atomic E-state index is 0.0857. The third kappa shape index (κ3) is 4.87. The number of carbonyl (C=O) groups excluding carboxylic acids is 1. The third-order valence-electron chi connectivity index (χ3n) is 3.15. The molecular formula is C16H19N3O3S. The second-order valence-corrected chi connectivity index (χ2v) is 6.73. The molecule has 0 unspecified atom stereocenters. The van der Waals surface area contributed by atoms with Crippen LogP contribution in [0.25, 0.3) is 0 Å². The molecule has 1 aromatic heterocycles. The number of nitrogens with zero attached hydrogens (tertiary/aromatic N) is 1. The highest BCUT2D eigenvalue weighted by Gasteiger charge is 2.15. The molecule has 0 aliphatic heterocycles. The molecule has 122 valence electrons. The van der Waals surface area contributed by atoms with Crippen LogP contribution in [-0.2, 0) is 16.6 Å². The van der Waals surface area contributed by atoms with E-state index in [1.54, 1.807) is 36.7 Å². The van der Waals surface area contributed by atoms with Gasteiger partial charge in [-0.1, -0.05) is 13.0 Å². The number of pyridine rings is 1. The van der Waals surface area contributed by atoms with Crippen LogP contribution in [0.5, 0.6) is 0 Å². The molecule has 0 fully saturated rings. The molecule has 2 rings (SSSR count). The lowest BCUT2D eigenvalue weighted by molar-refractivity contribution is 0.0950. The zero-order valence-electron chi connectivity index (χ0n) is 12.8. The number of aromatic nitrogens is 1. The molecule has 23 heavy (non-hydrogen) atoms. The fourth-order valence-electron chi connectivity index (χ4n) is 1.91. The zero-order valence-corrected chi connectivity index (χ0v) is 13.6. The van der Waals surface area contributed by atoms with Crippen molar-refractivity contribution in [3.8, 4) is 0 Å². The van der Waals surface area contributed by atoms with Gasteiger partial charge in [-0.25, -0.2) is 13.1 Å². The normalized spacial score (nSPS) is 11.2. The summed E-state index contributed by atoms with van der Waals surface area (Å²) < 4.78 is 26.7. The fourth-order valence-corrected chi connectivity index (χ4v) is 3.09. The molecule has 0 aliphatic rings. The lowest BCUT2D eigenvalue weighted by Crippen LogP contribution is -2.26. The number of nitrogens with one attached hydrogen (secondary N) is 2. The maximum absolute atomic E-state index is 12.2. The number of benzene rings is 1. The van der Waals surface area contributed by atoms with Crippen molar-refractivity contribution in [2.24, 2.45) is 0 Å². The Labute approximate surface area is 136 Å². The minimum Gasteiger partial charge on any atom is -0.348 e. The maximum atomic E-state index is 12.2. The van der Waals surface area contributed by atoms with Gasteiger partial charge in [0.25, 0.3) is 5.91 Å². The molecular weight excluding hydrogens is 314 g/mol. The SMILES string of the molecule is CCCNS(=O)(=O)c1cccc(C(=O)NCc2ccncc2)c1. The van der Waals surface area contributed by atoms with Crippen LogP contribution in [0.4, 0.5) is 0 Å². The van der Waals surface area contributed by atoms with Crippen LogP contribution < -0.4 is 10.0 Å². The van der Waals surface area contributed by atoms with E-state index in [-0.39, 0.29) is 10.8 Å². The van der Waals surface area contributed by atoms with E-state index < -0.39 is 10.0 Å². The van der Waals surface area contributed by atoms with Crippen LogP contribution >= 0.6 is 0 Å². The van der Waals surface area contributed by atoms with Gasteiger partial charge in [0.15, 0.2) is 0 Å². The van der Waals surface area contributed by atoms with E-state index in [9.17, 15) is 13.2 Å². The van der Waals surface area contributed by atoms with Gasteiger partial charge in [-0.15, -0.1) is 0 Å². The average molecular weight is 333 g/mol. The molecule has 0 aliphatic carbocycles. The van der Waals surface area contributed by atoms with E-state index in [1.165, 1.54) is 12.1 Å². The van der Waals surface area contributed by atoms with E-state index in [4.69, 9.17) is 0 Å². The summed E-state index contributed by atoms with van der Waals surface area (Å²) in [5, 5.41) is 2.76. The highest BCUT2D eigenvalue weighted by atomic mass is 32.2. The van der Waals surface area contributed by atoms with Crippen LogP contribution in [-0.4, -0.2) is 25.9 Å². The molecule has 0 saturated heterocycles. The Balaban J connectivity index is 2.08. The second-order valence-electron chi connectivity index (χ2n) is 4.96. The summed E-state index contributed by atoms with van der Waals surface area (Å²) in [6.07, 6.45) is 3.99. The molecule has 1 amide bonds. The minimum atomic E-state index is -3.58. The molecule has 2 N–H and O–H groups in total. The van der Waals surface area contributed by atoms with Gasteiger partial charge in [0.05, 0.1) is 4.90 Å². The van der Waals surface area contributed by atoms with Gasteiger partial charge >= 0.3 is 0 Å². The molecule has 0 spiro atoms. The van der Waals surface area contributed by atoms with Crippen molar-refractivity contribution in [1.29, 1.82) is 0 Å². The largest absolute Gasteiger partial charge is 0.348 e. The van der Waals surface area contributed by atoms with Gasteiger partial charge in [-0.3, -0.25) is 9.78 Å². The number of rotatable bonds is 7. The molecule has 1 heterocycles. The number of hydrogen-bond donors (Lipinski definition) is 2. The number of carbonyl (C=O) groups is 1. The second kappa shape index (κ2) is 7.85. The predicted octanol–water partition coefficient (Wildman–Crippen LogP) is 1.70. The molecule has 2 aromatic rings. The first-order valence-electron chi connectivity index (χ1n) is 7.30. The topological polar surface area (TPSA) is 88.2 Å². The number of hydrogen-bond acceptors (Lipinski definition) is 4. The third-order valence-corrected chi connectivity index (χ3v) is 4.61. The molecule has 0 saturated carbocycles. The van der Waals surface area contributed by atoms with Gasteiger partial charge in [0, 0.05) is 31.0 Å². The van der Waals surface area contributed by atoms with Crippen LogP contribution in [0.15, 0.2) is 53.7 Å². The first-order chi connectivity index (χ1) is 11.0. The first kappa shape index (κ1) is 17.1. The van der Waals surface area contributed by atoms with Gasteiger partial charge in [0.1, 0.15) is 0 Å². The van der Waals surface area contributed by atoms with E-state index in [1.807, 2.05) is 6.92 Å². The molecule has 0 bridgehead atoms. The Kier molecular flexibility index (Phi) is 5.84. The Morgan fingerprint density at radius 1 is 1.17 bits per heavy atom. The zero-order chi connectivity index (χ0) is 16.7. The van der Waals surface area contributed by atoms with Crippen LogP contribution in [0, 0.1) is 0 Å². The first-order valence-corrected chi connectivity index (χ1v) is 8.78. The standard InChI is InChI=1S/C16H19N3O3S/c1-2-8-19-23(21,22)15-5-3-4-14(11-15)16(20)18-12-13-6-9-17-10-7-13/h3-7,9-11,19H,2,8,12H2,1H3,(H,18,20). The molecule has 0 radical (unpaired) electrons. The summed E-state index contributed by atoms with van der Waals surface area (Å²) in [7, 11) is -3.58. The van der Waals surface area contributed by atoms with Crippen molar-refractivity contribution in [2.75, 3.05) is 6.54 Å². The summed E-state index contributed by atoms with van der Waals surface area (Å²) in [5.41, 5.74) is 1.22. The lowest BCUT2D eigenvalue weighted by Gasteiger charge is -2.08. The summed E-state index contributed by atoms with van der Waals surface area (Å²) in [4.78, 5) is 16.2. The Morgan fingerprint density at radius 2 is 1.91 bits per heavy atom. The lowest BCUT2D eigenvalue weighted by atomic mass is 10.2. The fraction of sp³-hybridized carbons (Fsp3) is 0.250. The van der Waals surface area contributed by atoms with E-state index in [2.05, 4.69) is 15.0 Å². The molecule has 6 nitrogen and oxygen atoms in total. The predicted molar refractivity (Wildman–Crippen MR) is 87.3 cm³/mol. The Bertz CT molecular complexity index is 761. The van der Waals surface area contributed by atoms with E-state index >= 15 is 0 Å². The summed E-state index contributed by atoms with van der Waals surface area (Å²) >= 11 is 0. The van der Waals surface area contributed by atoms with Crippen molar-refractivity contribution in [2.45, 2.75) is 24.8 Å². The van der Waals surface area contributed by atoms with E-state index in [0.717, 1.165) is 5.56 Å². The number of sulfonamides is 1. The molecule has 0 atom stereocenters. The van der Waals surface area contributed by atoms with Gasteiger partial charge in [-0.05, 0) is 42.3 Å². The smallest absolute Gasteiger partial charge is 0.251 e. The van der Waals surface area contributed by atoms with E-state index in [0.29, 0.717) is 25.1 Å². The summed E-state index contributed by atoms with van der Waals surface area (Å²) in [5.74, 6) is -0.325. The van der Waals surface area contributed by atoms with Crippen LogP contribution in [0.1, 0.15) is 29.3 Å². The quantitative estimate of drug-likeness (QED) is 0.807. The van der Waals surface area contributed by atoms with Crippen molar-refractivity contribution in [3.05, 3.63) is 59.9 Å². The highest BCUT2D eigenvalue weighted by molar-refractivity contribution is 7.89. The van der Waals surface area contributed by atoms with Gasteiger partial charge in [0.2, 0.25) is 10.0 Å². The van der Waals surface area contributed by atoms with Crippen molar-refractivity contribution in [3.63, 3.8) is 0 Å². The average Bonchev–Trinajstić information content (AvgIpc) is 2.59. The maximum Gasteiger partial charge on any atom is 0.251 e. The van der Waals surface area contributed by atoms with Crippen molar-refractivity contribution < 1.29 is 13.2 Å². The Morgan fingerprint density at radius 3 is 2.61 bits per heavy atom. The van der Waals surface area contributed by atoms with Gasteiger partial charge < -0.3 is 5.32 Å². The van der Waals surface area contributed by atoms with Crippen molar-refractivity contribution in [1.82, 2.24) is 15.0 Å². The summed E-state index contributed by atoms with van der Waals surface area (Å²) in [6, 6.07) is 9.59. The van der Waals surface area contributed by atoms with Crippen molar-refractivity contribution >= 4 is 15.9 Å². The molecule has 1 aromatic carbocycles. The molecule has 7 heteroatoms.